The minimum absolute atomic E-state index is 0.0688. The molecule has 11 heteroatoms. The molecule has 0 amide bonds. The molecule has 1 atom stereocenters. The molecule has 0 saturated heterocycles. The summed E-state index contributed by atoms with van der Waals surface area (Å²) in [6.45, 7) is 3.71. The number of nitrogens with zero attached hydrogens (tertiary/aromatic N) is 2. The van der Waals surface area contributed by atoms with Crippen molar-refractivity contribution in [3.8, 4) is 17.2 Å². The van der Waals surface area contributed by atoms with Crippen LogP contribution in [0.5, 0.6) is 17.2 Å². The molecule has 1 aliphatic carbocycles. The van der Waals surface area contributed by atoms with Crippen LogP contribution >= 0.6 is 23.1 Å². The molecule has 39 heavy (non-hydrogen) atoms. The van der Waals surface area contributed by atoms with Crippen molar-refractivity contribution in [1.82, 2.24) is 10.2 Å². The van der Waals surface area contributed by atoms with Gasteiger partial charge in [-0.15, -0.1) is 10.2 Å². The maximum absolute atomic E-state index is 13.2. The minimum atomic E-state index is -1.06. The fourth-order valence-corrected chi connectivity index (χ4v) is 5.65. The first-order valence-corrected chi connectivity index (χ1v) is 13.7. The van der Waals surface area contributed by atoms with E-state index < -0.39 is 35.1 Å². The van der Waals surface area contributed by atoms with Gasteiger partial charge < -0.3 is 19.7 Å². The highest BCUT2D eigenvalue weighted by Gasteiger charge is 2.35. The van der Waals surface area contributed by atoms with Gasteiger partial charge in [-0.05, 0) is 49.8 Å². The SMILES string of the molecule is COc1cccc(Cc2nnc(SCC(=O)O[C@H](CC=C(C)C)C3=CC(=O)c4c(O)ccc(O)c4C3=O)s2)c1. The number of esters is 1. The quantitative estimate of drug-likeness (QED) is 0.151. The van der Waals surface area contributed by atoms with E-state index in [1.165, 1.54) is 11.3 Å². The average molecular weight is 567 g/mol. The zero-order valence-electron chi connectivity index (χ0n) is 21.5. The van der Waals surface area contributed by atoms with E-state index >= 15 is 0 Å². The van der Waals surface area contributed by atoms with Crippen LogP contribution in [0.15, 0.2) is 64.0 Å². The first kappa shape index (κ1) is 28.1. The van der Waals surface area contributed by atoms with Gasteiger partial charge in [0.2, 0.25) is 0 Å². The van der Waals surface area contributed by atoms with Crippen LogP contribution in [0.4, 0.5) is 0 Å². The number of carbonyl (C=O) groups excluding carboxylic acids is 3. The Morgan fingerprint density at radius 1 is 1.10 bits per heavy atom. The molecule has 1 aromatic heterocycles. The molecule has 9 nitrogen and oxygen atoms in total. The van der Waals surface area contributed by atoms with Crippen LogP contribution in [0.1, 0.15) is 51.6 Å². The summed E-state index contributed by atoms with van der Waals surface area (Å²) < 4.78 is 11.5. The van der Waals surface area contributed by atoms with Crippen molar-refractivity contribution >= 4 is 40.6 Å². The lowest BCUT2D eigenvalue weighted by atomic mass is 9.85. The first-order chi connectivity index (χ1) is 18.7. The van der Waals surface area contributed by atoms with Crippen LogP contribution in [0.25, 0.3) is 0 Å². The molecule has 0 aliphatic heterocycles. The highest BCUT2D eigenvalue weighted by atomic mass is 32.2. The number of allylic oxidation sites excluding steroid dienone is 2. The predicted octanol–water partition coefficient (Wildman–Crippen LogP) is 4.91. The molecule has 2 N–H and O–H groups in total. The lowest BCUT2D eigenvalue weighted by Gasteiger charge is -2.23. The van der Waals surface area contributed by atoms with Gasteiger partial charge in [0, 0.05) is 18.4 Å². The summed E-state index contributed by atoms with van der Waals surface area (Å²) >= 11 is 2.52. The molecule has 3 aromatic rings. The van der Waals surface area contributed by atoms with E-state index in [1.807, 2.05) is 38.1 Å². The van der Waals surface area contributed by atoms with Crippen molar-refractivity contribution in [3.63, 3.8) is 0 Å². The lowest BCUT2D eigenvalue weighted by Crippen LogP contribution is -2.29. The van der Waals surface area contributed by atoms with Gasteiger partial charge in [-0.3, -0.25) is 14.4 Å². The monoisotopic (exact) mass is 566 g/mol. The van der Waals surface area contributed by atoms with Crippen molar-refractivity contribution in [2.75, 3.05) is 12.9 Å². The van der Waals surface area contributed by atoms with Crippen LogP contribution in [0.3, 0.4) is 0 Å². The lowest BCUT2D eigenvalue weighted by molar-refractivity contribution is -0.143. The van der Waals surface area contributed by atoms with Crippen molar-refractivity contribution < 1.29 is 34.1 Å². The number of benzene rings is 2. The molecule has 202 valence electrons. The van der Waals surface area contributed by atoms with Gasteiger partial charge in [-0.2, -0.15) is 0 Å². The smallest absolute Gasteiger partial charge is 0.316 e. The number of ether oxygens (including phenoxy) is 2. The Hall–Kier alpha value is -3.96. The summed E-state index contributed by atoms with van der Waals surface area (Å²) in [6, 6.07) is 9.93. The van der Waals surface area contributed by atoms with Gasteiger partial charge >= 0.3 is 5.97 Å². The largest absolute Gasteiger partial charge is 0.507 e. The number of hydrogen-bond donors (Lipinski definition) is 2. The summed E-state index contributed by atoms with van der Waals surface area (Å²) in [7, 11) is 1.61. The third kappa shape index (κ3) is 6.73. The number of phenolic OH excluding ortho intramolecular Hbond substituents is 2. The Morgan fingerprint density at radius 3 is 2.56 bits per heavy atom. The summed E-state index contributed by atoms with van der Waals surface area (Å²) in [5.74, 6) is -2.12. The normalized spacial score (nSPS) is 13.4. The van der Waals surface area contributed by atoms with Crippen molar-refractivity contribution in [2.24, 2.45) is 0 Å². The second kappa shape index (κ2) is 12.3. The number of aromatic nitrogens is 2. The number of ketones is 2. The molecule has 1 aliphatic rings. The number of thioether (sulfide) groups is 1. The number of fused-ring (bicyclic) bond motifs is 1. The first-order valence-electron chi connectivity index (χ1n) is 11.9. The van der Waals surface area contributed by atoms with Crippen LogP contribution in [0, 0.1) is 0 Å². The molecule has 0 spiro atoms. The molecule has 0 radical (unpaired) electrons. The van der Waals surface area contributed by atoms with Gasteiger partial charge in [-0.25, -0.2) is 0 Å². The third-order valence-electron chi connectivity index (χ3n) is 5.80. The Morgan fingerprint density at radius 2 is 1.85 bits per heavy atom. The highest BCUT2D eigenvalue weighted by molar-refractivity contribution is 8.01. The molecular formula is C28H26N2O7S2. The molecule has 1 heterocycles. The average Bonchev–Trinajstić information content (AvgIpc) is 3.36. The van der Waals surface area contributed by atoms with E-state index in [-0.39, 0.29) is 28.9 Å². The predicted molar refractivity (Wildman–Crippen MR) is 147 cm³/mol. The van der Waals surface area contributed by atoms with E-state index in [1.54, 1.807) is 13.2 Å². The second-order valence-corrected chi connectivity index (χ2v) is 11.2. The Balaban J connectivity index is 1.45. The van der Waals surface area contributed by atoms with Crippen LogP contribution < -0.4 is 4.74 Å². The molecular weight excluding hydrogens is 540 g/mol. The number of methoxy groups -OCH3 is 1. The third-order valence-corrected chi connectivity index (χ3v) is 7.83. The molecule has 0 fully saturated rings. The fourth-order valence-electron chi connectivity index (χ4n) is 3.94. The van der Waals surface area contributed by atoms with Gasteiger partial charge in [0.05, 0.1) is 24.0 Å². The van der Waals surface area contributed by atoms with Crippen molar-refractivity contribution in [2.45, 2.75) is 37.1 Å². The Labute approximate surface area is 233 Å². The maximum atomic E-state index is 13.2. The Kier molecular flexibility index (Phi) is 8.82. The highest BCUT2D eigenvalue weighted by Crippen LogP contribution is 2.36. The van der Waals surface area contributed by atoms with Gasteiger partial charge in [0.15, 0.2) is 15.9 Å². The zero-order chi connectivity index (χ0) is 28.1. The van der Waals surface area contributed by atoms with E-state index in [9.17, 15) is 24.6 Å². The van der Waals surface area contributed by atoms with Crippen LogP contribution in [0.2, 0.25) is 0 Å². The molecule has 0 saturated carbocycles. The maximum Gasteiger partial charge on any atom is 0.316 e. The van der Waals surface area contributed by atoms with Crippen LogP contribution in [-0.4, -0.2) is 56.9 Å². The number of phenols is 2. The molecule has 2 aromatic carbocycles. The minimum Gasteiger partial charge on any atom is -0.507 e. The molecule has 4 rings (SSSR count). The Bertz CT molecular complexity index is 1490. The topological polar surface area (TPSA) is 136 Å². The summed E-state index contributed by atoms with van der Waals surface area (Å²) in [4.78, 5) is 38.8. The molecule has 0 unspecified atom stereocenters. The number of rotatable bonds is 10. The van der Waals surface area contributed by atoms with Crippen LogP contribution in [-0.2, 0) is 16.0 Å². The van der Waals surface area contributed by atoms with E-state index in [4.69, 9.17) is 9.47 Å². The fraction of sp³-hybridized carbons (Fsp3) is 0.250. The summed E-state index contributed by atoms with van der Waals surface area (Å²) in [6.07, 6.45) is 2.51. The molecule has 0 bridgehead atoms. The van der Waals surface area contributed by atoms with Gasteiger partial charge in [0.25, 0.3) is 0 Å². The standard InChI is InChI=1S/C28H26N2O7S2/c1-15(2)7-10-22(18-13-21(33)25-19(31)8-9-20(32)26(25)27(18)35)37-24(34)14-38-28-30-29-23(39-28)12-16-5-4-6-17(11-16)36-3/h4-9,11,13,22,31-32H,10,12,14H2,1-3H3/t22-/m1/s1. The van der Waals surface area contributed by atoms with Crippen molar-refractivity contribution in [3.05, 3.63) is 81.4 Å². The number of Topliss-reactive ketones (excluding diaryl/α,β-unsaturated/α-hetero) is 1. The number of hydrogen-bond acceptors (Lipinski definition) is 11. The van der Waals surface area contributed by atoms with Crippen molar-refractivity contribution in [1.29, 1.82) is 0 Å². The van der Waals surface area contributed by atoms with E-state index in [0.717, 1.165) is 51.9 Å². The van der Waals surface area contributed by atoms with E-state index in [0.29, 0.717) is 10.8 Å². The van der Waals surface area contributed by atoms with E-state index in [2.05, 4.69) is 10.2 Å². The summed E-state index contributed by atoms with van der Waals surface area (Å²) in [5.41, 5.74) is 1.30. The summed E-state index contributed by atoms with van der Waals surface area (Å²) in [5, 5.41) is 29.4. The van der Waals surface area contributed by atoms with Gasteiger partial charge in [-0.1, -0.05) is 46.9 Å². The second-order valence-electron chi connectivity index (χ2n) is 8.92. The number of carbonyl (C=O) groups is 3. The zero-order valence-corrected chi connectivity index (χ0v) is 23.1. The van der Waals surface area contributed by atoms with Gasteiger partial charge in [0.1, 0.15) is 28.4 Å². The number of aromatic hydroxyl groups is 2.